The van der Waals surface area contributed by atoms with Crippen LogP contribution in [-0.2, 0) is 0 Å². The van der Waals surface area contributed by atoms with Crippen molar-refractivity contribution in [3.05, 3.63) is 23.3 Å². The standard InChI is InChI=1S/C11H16N4/c1-8-5-10(12)6-9(2)11(8)14-15-4-3-13-7-15/h5-7,14H,3-4,12H2,1-2H3. The Morgan fingerprint density at radius 2 is 2.00 bits per heavy atom. The molecule has 0 radical (unpaired) electrons. The molecule has 0 saturated heterocycles. The first-order valence-electron chi connectivity index (χ1n) is 5.07. The smallest absolute Gasteiger partial charge is 0.104 e. The molecule has 1 aliphatic heterocycles. The fourth-order valence-corrected chi connectivity index (χ4v) is 1.78. The number of rotatable bonds is 2. The molecule has 15 heavy (non-hydrogen) atoms. The minimum atomic E-state index is 0.811. The maximum atomic E-state index is 5.77. The van der Waals surface area contributed by atoms with Gasteiger partial charge in [0, 0.05) is 5.69 Å². The van der Waals surface area contributed by atoms with E-state index in [9.17, 15) is 0 Å². The summed E-state index contributed by atoms with van der Waals surface area (Å²) in [4.78, 5) is 4.15. The Kier molecular flexibility index (Phi) is 2.49. The Morgan fingerprint density at radius 1 is 1.33 bits per heavy atom. The fourth-order valence-electron chi connectivity index (χ4n) is 1.78. The van der Waals surface area contributed by atoms with Crippen molar-refractivity contribution in [2.45, 2.75) is 13.8 Å². The molecular formula is C11H16N4. The number of nitrogens with zero attached hydrogens (tertiary/aromatic N) is 2. The molecule has 0 atom stereocenters. The summed E-state index contributed by atoms with van der Waals surface area (Å²) in [5.41, 5.74) is 13.4. The molecule has 0 aliphatic carbocycles. The lowest BCUT2D eigenvalue weighted by Gasteiger charge is -2.20. The zero-order valence-corrected chi connectivity index (χ0v) is 9.12. The zero-order valence-electron chi connectivity index (χ0n) is 9.12. The molecule has 1 aromatic rings. The molecule has 0 bridgehead atoms. The first-order chi connectivity index (χ1) is 7.16. The minimum Gasteiger partial charge on any atom is -0.399 e. The second-order valence-corrected chi connectivity index (χ2v) is 3.86. The van der Waals surface area contributed by atoms with E-state index < -0.39 is 0 Å². The molecule has 0 unspecified atom stereocenters. The average Bonchev–Trinajstić information content (AvgIpc) is 2.63. The van der Waals surface area contributed by atoms with Crippen molar-refractivity contribution in [2.75, 3.05) is 24.2 Å². The SMILES string of the molecule is Cc1cc(N)cc(C)c1NN1C=NCC1. The normalized spacial score (nSPS) is 14.7. The lowest BCUT2D eigenvalue weighted by Crippen LogP contribution is -2.27. The van der Waals surface area contributed by atoms with Gasteiger partial charge in [-0.15, -0.1) is 0 Å². The van der Waals surface area contributed by atoms with Gasteiger partial charge in [-0.2, -0.15) is 0 Å². The predicted molar refractivity (Wildman–Crippen MR) is 64.0 cm³/mol. The molecule has 0 spiro atoms. The van der Waals surface area contributed by atoms with Crippen LogP contribution < -0.4 is 11.2 Å². The van der Waals surface area contributed by atoms with Gasteiger partial charge in [-0.05, 0) is 37.1 Å². The summed E-state index contributed by atoms with van der Waals surface area (Å²) in [6.07, 6.45) is 1.83. The van der Waals surface area contributed by atoms with E-state index in [-0.39, 0.29) is 0 Å². The van der Waals surface area contributed by atoms with Crippen LogP contribution in [0.1, 0.15) is 11.1 Å². The van der Waals surface area contributed by atoms with E-state index in [1.807, 2.05) is 23.5 Å². The molecule has 0 saturated carbocycles. The van der Waals surface area contributed by atoms with Crippen LogP contribution in [0, 0.1) is 13.8 Å². The Hall–Kier alpha value is -1.71. The highest BCUT2D eigenvalue weighted by Gasteiger charge is 2.09. The van der Waals surface area contributed by atoms with Crippen LogP contribution in [0.15, 0.2) is 17.1 Å². The van der Waals surface area contributed by atoms with Gasteiger partial charge in [0.1, 0.15) is 6.34 Å². The fraction of sp³-hybridized carbons (Fsp3) is 0.364. The van der Waals surface area contributed by atoms with Crippen LogP contribution in [0.4, 0.5) is 11.4 Å². The monoisotopic (exact) mass is 204 g/mol. The number of aliphatic imine (C=N–C) groups is 1. The van der Waals surface area contributed by atoms with Gasteiger partial charge in [-0.1, -0.05) is 0 Å². The summed E-state index contributed by atoms with van der Waals surface area (Å²) in [5, 5.41) is 1.99. The quantitative estimate of drug-likeness (QED) is 0.719. The molecule has 4 nitrogen and oxygen atoms in total. The van der Waals surface area contributed by atoms with Gasteiger partial charge in [-0.25, -0.2) is 0 Å². The highest BCUT2D eigenvalue weighted by molar-refractivity contribution is 5.66. The van der Waals surface area contributed by atoms with E-state index in [1.165, 1.54) is 0 Å². The maximum absolute atomic E-state index is 5.77. The molecule has 3 N–H and O–H groups in total. The second-order valence-electron chi connectivity index (χ2n) is 3.86. The van der Waals surface area contributed by atoms with Gasteiger partial charge in [-0.3, -0.25) is 15.4 Å². The molecule has 0 amide bonds. The Labute approximate surface area is 89.8 Å². The number of nitrogens with two attached hydrogens (primary N) is 1. The van der Waals surface area contributed by atoms with E-state index in [1.54, 1.807) is 0 Å². The van der Waals surface area contributed by atoms with Crippen LogP contribution >= 0.6 is 0 Å². The lowest BCUT2D eigenvalue weighted by atomic mass is 10.1. The van der Waals surface area contributed by atoms with Crippen molar-refractivity contribution in [1.29, 1.82) is 0 Å². The van der Waals surface area contributed by atoms with Gasteiger partial charge in [0.15, 0.2) is 0 Å². The zero-order chi connectivity index (χ0) is 10.8. The molecular weight excluding hydrogens is 188 g/mol. The molecule has 1 heterocycles. The topological polar surface area (TPSA) is 53.6 Å². The molecule has 1 aliphatic rings. The van der Waals surface area contributed by atoms with Gasteiger partial charge in [0.25, 0.3) is 0 Å². The predicted octanol–water partition coefficient (Wildman–Crippen LogP) is 1.56. The summed E-state index contributed by atoms with van der Waals surface area (Å²) in [6.45, 7) is 5.89. The van der Waals surface area contributed by atoms with Crippen LogP contribution in [0.25, 0.3) is 0 Å². The number of anilines is 2. The summed E-state index contributed by atoms with van der Waals surface area (Å²) >= 11 is 0. The van der Waals surface area contributed by atoms with Crippen LogP contribution in [-0.4, -0.2) is 24.4 Å². The van der Waals surface area contributed by atoms with E-state index in [0.29, 0.717) is 0 Å². The molecule has 1 aromatic carbocycles. The van der Waals surface area contributed by atoms with Crippen molar-refractivity contribution >= 4 is 17.7 Å². The number of nitrogen functional groups attached to an aromatic ring is 1. The van der Waals surface area contributed by atoms with Crippen molar-refractivity contribution < 1.29 is 0 Å². The first-order valence-corrected chi connectivity index (χ1v) is 5.07. The first kappa shape index (κ1) is 9.83. The summed E-state index contributed by atoms with van der Waals surface area (Å²) < 4.78 is 0. The van der Waals surface area contributed by atoms with Gasteiger partial charge >= 0.3 is 0 Å². The van der Waals surface area contributed by atoms with Crippen molar-refractivity contribution in [1.82, 2.24) is 5.01 Å². The van der Waals surface area contributed by atoms with Crippen molar-refractivity contribution in [3.8, 4) is 0 Å². The Morgan fingerprint density at radius 3 is 2.53 bits per heavy atom. The van der Waals surface area contributed by atoms with Gasteiger partial charge in [0.2, 0.25) is 0 Å². The number of hydrogen-bond acceptors (Lipinski definition) is 4. The minimum absolute atomic E-state index is 0.811. The Balaban J connectivity index is 2.23. The third-order valence-corrected chi connectivity index (χ3v) is 2.50. The largest absolute Gasteiger partial charge is 0.399 e. The van der Waals surface area contributed by atoms with Crippen molar-refractivity contribution in [3.63, 3.8) is 0 Å². The average molecular weight is 204 g/mol. The third kappa shape index (κ3) is 2.03. The third-order valence-electron chi connectivity index (χ3n) is 2.50. The van der Waals surface area contributed by atoms with E-state index in [4.69, 9.17) is 5.73 Å². The second kappa shape index (κ2) is 3.81. The molecule has 0 aromatic heterocycles. The highest BCUT2D eigenvalue weighted by atomic mass is 15.5. The summed E-state index contributed by atoms with van der Waals surface area (Å²) in [5.74, 6) is 0. The van der Waals surface area contributed by atoms with Gasteiger partial charge in [0.05, 0.1) is 18.8 Å². The number of nitrogens with one attached hydrogen (secondary N) is 1. The Bertz CT molecular complexity index is 375. The lowest BCUT2D eigenvalue weighted by molar-refractivity contribution is 0.556. The molecule has 2 rings (SSSR count). The number of benzene rings is 1. The van der Waals surface area contributed by atoms with E-state index in [0.717, 1.165) is 35.6 Å². The van der Waals surface area contributed by atoms with E-state index in [2.05, 4.69) is 24.3 Å². The molecule has 80 valence electrons. The van der Waals surface area contributed by atoms with Crippen LogP contribution in [0.2, 0.25) is 0 Å². The molecule has 0 fully saturated rings. The summed E-state index contributed by atoms with van der Waals surface area (Å²) in [7, 11) is 0. The maximum Gasteiger partial charge on any atom is 0.104 e. The molecule has 4 heteroatoms. The number of aryl methyl sites for hydroxylation is 2. The number of hydrogen-bond donors (Lipinski definition) is 2. The summed E-state index contributed by atoms with van der Waals surface area (Å²) in [6, 6.07) is 3.95. The number of hydrazine groups is 1. The highest BCUT2D eigenvalue weighted by Crippen LogP contribution is 2.23. The van der Waals surface area contributed by atoms with Crippen LogP contribution in [0.3, 0.4) is 0 Å². The van der Waals surface area contributed by atoms with E-state index >= 15 is 0 Å². The van der Waals surface area contributed by atoms with Crippen molar-refractivity contribution in [2.24, 2.45) is 4.99 Å². The van der Waals surface area contributed by atoms with Crippen LogP contribution in [0.5, 0.6) is 0 Å². The van der Waals surface area contributed by atoms with Gasteiger partial charge < -0.3 is 5.73 Å².